The lowest BCUT2D eigenvalue weighted by Crippen LogP contribution is -3.12. The van der Waals surface area contributed by atoms with E-state index in [9.17, 15) is 4.79 Å². The summed E-state index contributed by atoms with van der Waals surface area (Å²) in [6.07, 6.45) is 0.959. The lowest BCUT2D eigenvalue weighted by Gasteiger charge is -2.35. The smallest absolute Gasteiger partial charge is 0.246 e. The second-order valence-corrected chi connectivity index (χ2v) is 7.02. The van der Waals surface area contributed by atoms with Crippen LogP contribution < -0.4 is 19.7 Å². The molecule has 6 nitrogen and oxygen atoms in total. The standard InChI is InChI=1S/C22H28N2O4/c1-26-15-22(25)23-13-19-18-12-21(28-3)20(27-2)11-17(18)9-10-24(19)14-16-7-5-4-6-8-16/h4-8,11-12,19H,9-10,13-15H2,1-3H3,(H,23,25)/p+1/t19-/m1/s1. The third-order valence-corrected chi connectivity index (χ3v) is 5.28. The predicted octanol–water partition coefficient (Wildman–Crippen LogP) is 1.15. The minimum absolute atomic E-state index is 0.0690. The van der Waals surface area contributed by atoms with Crippen LogP contribution in [0.15, 0.2) is 42.5 Å². The maximum absolute atomic E-state index is 12.0. The third kappa shape index (κ3) is 4.64. The van der Waals surface area contributed by atoms with Gasteiger partial charge in [0.15, 0.2) is 11.5 Å². The van der Waals surface area contributed by atoms with Crippen molar-refractivity contribution < 1.29 is 23.9 Å². The molecule has 2 atom stereocenters. The van der Waals surface area contributed by atoms with Gasteiger partial charge in [0.05, 0.1) is 27.3 Å². The number of methoxy groups -OCH3 is 3. The molecule has 1 amide bonds. The Kier molecular flexibility index (Phi) is 6.90. The van der Waals surface area contributed by atoms with Crippen molar-refractivity contribution in [2.75, 3.05) is 41.0 Å². The molecule has 2 N–H and O–H groups in total. The SMILES string of the molecule is COCC(=O)NC[C@@H]1c2cc(OC)c(OC)cc2CC[NH+]1Cc1ccccc1. The van der Waals surface area contributed by atoms with E-state index in [2.05, 4.69) is 41.7 Å². The molecule has 0 bridgehead atoms. The minimum atomic E-state index is -0.103. The van der Waals surface area contributed by atoms with Crippen molar-refractivity contribution in [1.82, 2.24) is 5.32 Å². The quantitative estimate of drug-likeness (QED) is 0.716. The van der Waals surface area contributed by atoms with Gasteiger partial charge in [-0.15, -0.1) is 0 Å². The van der Waals surface area contributed by atoms with E-state index < -0.39 is 0 Å². The Morgan fingerprint density at radius 2 is 1.82 bits per heavy atom. The highest BCUT2D eigenvalue weighted by molar-refractivity contribution is 5.77. The summed E-state index contributed by atoms with van der Waals surface area (Å²) in [6, 6.07) is 14.7. The largest absolute Gasteiger partial charge is 0.493 e. The van der Waals surface area contributed by atoms with E-state index in [0.29, 0.717) is 6.54 Å². The van der Waals surface area contributed by atoms with Gasteiger partial charge in [-0.1, -0.05) is 30.3 Å². The van der Waals surface area contributed by atoms with Gasteiger partial charge in [0, 0.05) is 24.7 Å². The van der Waals surface area contributed by atoms with Crippen LogP contribution in [0.25, 0.3) is 0 Å². The van der Waals surface area contributed by atoms with E-state index in [0.717, 1.165) is 31.0 Å². The number of hydrogen-bond donors (Lipinski definition) is 2. The highest BCUT2D eigenvalue weighted by atomic mass is 16.5. The number of amides is 1. The summed E-state index contributed by atoms with van der Waals surface area (Å²) < 4.78 is 15.9. The summed E-state index contributed by atoms with van der Waals surface area (Å²) in [5.74, 6) is 1.36. The van der Waals surface area contributed by atoms with Gasteiger partial charge in [-0.05, 0) is 17.7 Å². The van der Waals surface area contributed by atoms with Crippen LogP contribution in [0.1, 0.15) is 22.7 Å². The number of ether oxygens (including phenoxy) is 3. The van der Waals surface area contributed by atoms with E-state index in [1.165, 1.54) is 28.7 Å². The molecular formula is C22H29N2O4+. The molecule has 0 spiro atoms. The van der Waals surface area contributed by atoms with Crippen molar-refractivity contribution in [2.24, 2.45) is 0 Å². The number of rotatable bonds is 8. The Hall–Kier alpha value is -2.57. The monoisotopic (exact) mass is 385 g/mol. The Balaban J connectivity index is 1.89. The van der Waals surface area contributed by atoms with Gasteiger partial charge < -0.3 is 24.4 Å². The molecule has 0 saturated carbocycles. The number of carbonyl (C=O) groups excluding carboxylic acids is 1. The summed E-state index contributed by atoms with van der Waals surface area (Å²) in [7, 11) is 4.83. The number of hydrogen-bond acceptors (Lipinski definition) is 4. The molecule has 2 aromatic carbocycles. The molecule has 0 aromatic heterocycles. The van der Waals surface area contributed by atoms with Gasteiger partial charge in [0.1, 0.15) is 19.2 Å². The molecule has 150 valence electrons. The number of carbonyl (C=O) groups is 1. The van der Waals surface area contributed by atoms with E-state index >= 15 is 0 Å². The fourth-order valence-corrected chi connectivity index (χ4v) is 3.89. The van der Waals surface area contributed by atoms with Gasteiger partial charge in [0.25, 0.3) is 0 Å². The Morgan fingerprint density at radius 3 is 2.50 bits per heavy atom. The molecule has 1 aliphatic rings. The fraction of sp³-hybridized carbons (Fsp3) is 0.409. The first-order valence-corrected chi connectivity index (χ1v) is 9.55. The topological polar surface area (TPSA) is 61.2 Å². The molecule has 1 unspecified atom stereocenters. The predicted molar refractivity (Wildman–Crippen MR) is 107 cm³/mol. The molecule has 1 aliphatic heterocycles. The lowest BCUT2D eigenvalue weighted by molar-refractivity contribution is -0.945. The van der Waals surface area contributed by atoms with E-state index in [1.54, 1.807) is 14.2 Å². The summed E-state index contributed by atoms with van der Waals surface area (Å²) in [4.78, 5) is 13.4. The Morgan fingerprint density at radius 1 is 1.11 bits per heavy atom. The van der Waals surface area contributed by atoms with Crippen LogP contribution in [0, 0.1) is 0 Å². The average molecular weight is 385 g/mol. The maximum atomic E-state index is 12.0. The van der Waals surface area contributed by atoms with Crippen LogP contribution in [-0.2, 0) is 22.5 Å². The zero-order chi connectivity index (χ0) is 19.9. The number of nitrogens with one attached hydrogen (secondary N) is 2. The number of benzene rings is 2. The van der Waals surface area contributed by atoms with Crippen LogP contribution in [0.5, 0.6) is 11.5 Å². The Bertz CT molecular complexity index is 795. The molecule has 0 fully saturated rings. The molecule has 2 aromatic rings. The summed E-state index contributed by atoms with van der Waals surface area (Å²) in [5, 5.41) is 3.02. The zero-order valence-electron chi connectivity index (χ0n) is 16.8. The zero-order valence-corrected chi connectivity index (χ0v) is 16.8. The summed E-state index contributed by atoms with van der Waals surface area (Å²) >= 11 is 0. The van der Waals surface area contributed by atoms with Crippen molar-refractivity contribution in [3.8, 4) is 11.5 Å². The molecule has 0 aliphatic carbocycles. The Labute approximate surface area is 166 Å². The molecule has 1 heterocycles. The number of fused-ring (bicyclic) bond motifs is 1. The molecule has 3 rings (SSSR count). The van der Waals surface area contributed by atoms with Crippen LogP contribution in [0.4, 0.5) is 0 Å². The second-order valence-electron chi connectivity index (χ2n) is 7.02. The van der Waals surface area contributed by atoms with Gasteiger partial charge >= 0.3 is 0 Å². The van der Waals surface area contributed by atoms with Gasteiger partial charge in [0.2, 0.25) is 5.91 Å². The minimum Gasteiger partial charge on any atom is -0.493 e. The highest BCUT2D eigenvalue weighted by Crippen LogP contribution is 2.34. The van der Waals surface area contributed by atoms with E-state index in [-0.39, 0.29) is 18.6 Å². The van der Waals surface area contributed by atoms with Crippen molar-refractivity contribution in [1.29, 1.82) is 0 Å². The molecule has 6 heteroatoms. The van der Waals surface area contributed by atoms with Gasteiger partial charge in [-0.3, -0.25) is 4.79 Å². The van der Waals surface area contributed by atoms with Crippen molar-refractivity contribution in [3.05, 3.63) is 59.2 Å². The van der Waals surface area contributed by atoms with Gasteiger partial charge in [-0.2, -0.15) is 0 Å². The van der Waals surface area contributed by atoms with Crippen molar-refractivity contribution in [2.45, 2.75) is 19.0 Å². The average Bonchev–Trinajstić information content (AvgIpc) is 2.72. The van der Waals surface area contributed by atoms with Crippen LogP contribution in [-0.4, -0.2) is 46.9 Å². The first-order chi connectivity index (χ1) is 13.7. The highest BCUT2D eigenvalue weighted by Gasteiger charge is 2.32. The normalized spacial score (nSPS) is 18.2. The first-order valence-electron chi connectivity index (χ1n) is 9.55. The summed E-state index contributed by atoms with van der Waals surface area (Å²) in [5.41, 5.74) is 3.74. The fourth-order valence-electron chi connectivity index (χ4n) is 3.89. The van der Waals surface area contributed by atoms with Crippen molar-refractivity contribution >= 4 is 5.91 Å². The molecule has 0 saturated heterocycles. The summed E-state index contributed by atoms with van der Waals surface area (Å²) in [6.45, 7) is 2.51. The lowest BCUT2D eigenvalue weighted by atomic mass is 9.91. The van der Waals surface area contributed by atoms with Crippen LogP contribution in [0.3, 0.4) is 0 Å². The molecule has 28 heavy (non-hydrogen) atoms. The number of quaternary nitrogens is 1. The second kappa shape index (κ2) is 9.57. The first kappa shape index (κ1) is 20.2. The van der Waals surface area contributed by atoms with E-state index in [1.807, 2.05) is 6.07 Å². The molecular weight excluding hydrogens is 356 g/mol. The maximum Gasteiger partial charge on any atom is 0.246 e. The van der Waals surface area contributed by atoms with Gasteiger partial charge in [-0.25, -0.2) is 0 Å². The van der Waals surface area contributed by atoms with Crippen LogP contribution >= 0.6 is 0 Å². The van der Waals surface area contributed by atoms with Crippen molar-refractivity contribution in [3.63, 3.8) is 0 Å². The van der Waals surface area contributed by atoms with E-state index in [4.69, 9.17) is 14.2 Å². The molecule has 0 radical (unpaired) electrons. The van der Waals surface area contributed by atoms with Crippen LogP contribution in [0.2, 0.25) is 0 Å². The third-order valence-electron chi connectivity index (χ3n) is 5.28.